The maximum atomic E-state index is 11.2. The second kappa shape index (κ2) is 5.28. The minimum Gasteiger partial charge on any atom is -0.360 e. The van der Waals surface area contributed by atoms with Gasteiger partial charge in [-0.1, -0.05) is 6.92 Å². The Bertz CT molecular complexity index is 873. The molecule has 0 radical (unpaired) electrons. The van der Waals surface area contributed by atoms with Crippen molar-refractivity contribution in [2.75, 3.05) is 5.32 Å². The summed E-state index contributed by atoms with van der Waals surface area (Å²) in [6.45, 7) is 7.97. The lowest BCUT2D eigenvalue weighted by atomic mass is 10.2. The highest BCUT2D eigenvalue weighted by Gasteiger charge is 2.15. The van der Waals surface area contributed by atoms with E-state index in [1.54, 1.807) is 4.52 Å². The SMILES string of the molecule is CCc1cc(N[C@H](C)c2n[nH]c(=O)[nH]2)n2nc(C)c(C)c2n1. The van der Waals surface area contributed by atoms with Gasteiger partial charge in [0.1, 0.15) is 5.82 Å². The van der Waals surface area contributed by atoms with Crippen molar-refractivity contribution in [1.82, 2.24) is 29.8 Å². The maximum Gasteiger partial charge on any atom is 0.340 e. The quantitative estimate of drug-likeness (QED) is 0.677. The van der Waals surface area contributed by atoms with Gasteiger partial charge in [-0.05, 0) is 27.2 Å². The first-order valence-corrected chi connectivity index (χ1v) is 7.26. The monoisotopic (exact) mass is 301 g/mol. The molecule has 3 rings (SSSR count). The summed E-state index contributed by atoms with van der Waals surface area (Å²) in [4.78, 5) is 18.5. The van der Waals surface area contributed by atoms with Crippen molar-refractivity contribution in [2.24, 2.45) is 0 Å². The Balaban J connectivity index is 2.05. The minimum atomic E-state index is -0.316. The van der Waals surface area contributed by atoms with E-state index in [2.05, 4.69) is 37.5 Å². The van der Waals surface area contributed by atoms with E-state index in [0.717, 1.165) is 34.8 Å². The summed E-state index contributed by atoms with van der Waals surface area (Å²) >= 11 is 0. The fraction of sp³-hybridized carbons (Fsp3) is 0.429. The van der Waals surface area contributed by atoms with Gasteiger partial charge in [-0.15, -0.1) is 0 Å². The van der Waals surface area contributed by atoms with Crippen LogP contribution in [-0.2, 0) is 6.42 Å². The number of aromatic amines is 2. The largest absolute Gasteiger partial charge is 0.360 e. The van der Waals surface area contributed by atoms with Crippen LogP contribution >= 0.6 is 0 Å². The smallest absolute Gasteiger partial charge is 0.340 e. The van der Waals surface area contributed by atoms with Gasteiger partial charge in [-0.3, -0.25) is 4.98 Å². The summed E-state index contributed by atoms with van der Waals surface area (Å²) in [6, 6.07) is 1.80. The van der Waals surface area contributed by atoms with E-state index >= 15 is 0 Å². The van der Waals surface area contributed by atoms with Gasteiger partial charge in [0.2, 0.25) is 0 Å². The molecule has 3 aromatic heterocycles. The molecule has 3 N–H and O–H groups in total. The molecule has 0 saturated carbocycles. The Morgan fingerprint density at radius 2 is 2.18 bits per heavy atom. The first-order chi connectivity index (χ1) is 10.5. The molecule has 3 heterocycles. The topological polar surface area (TPSA) is 104 Å². The summed E-state index contributed by atoms with van der Waals surface area (Å²) in [7, 11) is 0. The molecule has 8 nitrogen and oxygen atoms in total. The molecule has 116 valence electrons. The Morgan fingerprint density at radius 1 is 1.41 bits per heavy atom. The van der Waals surface area contributed by atoms with Gasteiger partial charge in [0.25, 0.3) is 0 Å². The molecule has 0 aliphatic heterocycles. The third kappa shape index (κ3) is 2.36. The Labute approximate surface area is 127 Å². The van der Waals surface area contributed by atoms with Crippen molar-refractivity contribution >= 4 is 11.5 Å². The first kappa shape index (κ1) is 14.3. The van der Waals surface area contributed by atoms with Crippen molar-refractivity contribution < 1.29 is 0 Å². The number of anilines is 1. The number of nitrogens with zero attached hydrogens (tertiary/aromatic N) is 4. The molecule has 0 aliphatic rings. The molecule has 0 aliphatic carbocycles. The normalized spacial score (nSPS) is 12.7. The predicted molar refractivity (Wildman–Crippen MR) is 83.1 cm³/mol. The van der Waals surface area contributed by atoms with Crippen LogP contribution < -0.4 is 11.0 Å². The summed E-state index contributed by atoms with van der Waals surface area (Å²) in [6.07, 6.45) is 0.836. The van der Waals surface area contributed by atoms with Crippen LogP contribution in [0.25, 0.3) is 5.65 Å². The summed E-state index contributed by atoms with van der Waals surface area (Å²) in [5.41, 5.74) is 3.54. The lowest BCUT2D eigenvalue weighted by Gasteiger charge is -2.14. The Hall–Kier alpha value is -2.64. The van der Waals surface area contributed by atoms with Crippen LogP contribution in [0, 0.1) is 13.8 Å². The third-order valence-electron chi connectivity index (χ3n) is 3.77. The standard InChI is InChI=1S/C14H19N7O/c1-5-10-6-11(15-9(4)12-17-14(22)19-18-12)21-13(16-10)7(2)8(3)20-21/h6,9,15H,5H2,1-4H3,(H2,17,18,19,22)/t9-/m1/s1. The highest BCUT2D eigenvalue weighted by atomic mass is 16.1. The minimum absolute atomic E-state index is 0.168. The fourth-order valence-corrected chi connectivity index (χ4v) is 2.34. The van der Waals surface area contributed by atoms with E-state index in [-0.39, 0.29) is 11.7 Å². The van der Waals surface area contributed by atoms with Crippen molar-refractivity contribution in [3.05, 3.63) is 39.3 Å². The fourth-order valence-electron chi connectivity index (χ4n) is 2.34. The van der Waals surface area contributed by atoms with Gasteiger partial charge < -0.3 is 5.32 Å². The highest BCUT2D eigenvalue weighted by molar-refractivity contribution is 5.56. The molecule has 22 heavy (non-hydrogen) atoms. The number of aryl methyl sites for hydroxylation is 3. The van der Waals surface area contributed by atoms with Gasteiger partial charge >= 0.3 is 5.69 Å². The molecule has 0 fully saturated rings. The maximum absolute atomic E-state index is 11.2. The molecule has 3 aromatic rings. The zero-order valence-corrected chi connectivity index (χ0v) is 13.1. The third-order valence-corrected chi connectivity index (χ3v) is 3.77. The van der Waals surface area contributed by atoms with Crippen molar-refractivity contribution in [2.45, 2.75) is 40.2 Å². The molecular weight excluding hydrogens is 282 g/mol. The molecule has 0 amide bonds. The lowest BCUT2D eigenvalue weighted by molar-refractivity contribution is 0.772. The van der Waals surface area contributed by atoms with Gasteiger partial charge in [0, 0.05) is 17.3 Å². The number of hydrogen-bond acceptors (Lipinski definition) is 5. The number of hydrogen-bond donors (Lipinski definition) is 3. The number of nitrogens with one attached hydrogen (secondary N) is 3. The molecule has 0 bridgehead atoms. The van der Waals surface area contributed by atoms with Crippen LogP contribution in [0.3, 0.4) is 0 Å². The van der Waals surface area contributed by atoms with Crippen LogP contribution in [0.4, 0.5) is 5.82 Å². The second-order valence-electron chi connectivity index (χ2n) is 5.36. The number of H-pyrrole nitrogens is 2. The van der Waals surface area contributed by atoms with Gasteiger partial charge in [-0.2, -0.15) is 14.7 Å². The van der Waals surface area contributed by atoms with Crippen LogP contribution in [0.1, 0.15) is 42.7 Å². The van der Waals surface area contributed by atoms with Gasteiger partial charge in [-0.25, -0.2) is 14.9 Å². The van der Waals surface area contributed by atoms with Crippen LogP contribution in [0.2, 0.25) is 0 Å². The highest BCUT2D eigenvalue weighted by Crippen LogP contribution is 2.21. The lowest BCUT2D eigenvalue weighted by Crippen LogP contribution is -2.14. The van der Waals surface area contributed by atoms with Crippen LogP contribution in [0.15, 0.2) is 10.9 Å². The van der Waals surface area contributed by atoms with E-state index in [9.17, 15) is 4.79 Å². The Kier molecular flexibility index (Phi) is 3.44. The van der Waals surface area contributed by atoms with E-state index < -0.39 is 0 Å². The van der Waals surface area contributed by atoms with Gasteiger partial charge in [0.05, 0.1) is 11.7 Å². The average molecular weight is 301 g/mol. The summed E-state index contributed by atoms with van der Waals surface area (Å²) < 4.78 is 1.80. The number of aromatic nitrogens is 6. The number of rotatable bonds is 4. The van der Waals surface area contributed by atoms with Crippen LogP contribution in [0.5, 0.6) is 0 Å². The molecule has 0 spiro atoms. The van der Waals surface area contributed by atoms with Gasteiger partial charge in [0.15, 0.2) is 11.5 Å². The van der Waals surface area contributed by atoms with E-state index in [4.69, 9.17) is 0 Å². The Morgan fingerprint density at radius 3 is 2.82 bits per heavy atom. The van der Waals surface area contributed by atoms with Crippen molar-refractivity contribution in [1.29, 1.82) is 0 Å². The van der Waals surface area contributed by atoms with E-state index in [1.165, 1.54) is 0 Å². The molecule has 0 unspecified atom stereocenters. The number of fused-ring (bicyclic) bond motifs is 1. The molecular formula is C14H19N7O. The molecule has 1 atom stereocenters. The average Bonchev–Trinajstić information content (AvgIpc) is 3.05. The summed E-state index contributed by atoms with van der Waals surface area (Å²) in [5, 5.41) is 14.2. The molecule has 0 saturated heterocycles. The van der Waals surface area contributed by atoms with Crippen molar-refractivity contribution in [3.8, 4) is 0 Å². The second-order valence-corrected chi connectivity index (χ2v) is 5.36. The predicted octanol–water partition coefficient (Wildman–Crippen LogP) is 1.49. The molecule has 8 heteroatoms. The zero-order chi connectivity index (χ0) is 15.9. The first-order valence-electron chi connectivity index (χ1n) is 7.26. The van der Waals surface area contributed by atoms with Crippen molar-refractivity contribution in [3.63, 3.8) is 0 Å². The van der Waals surface area contributed by atoms with E-state index in [0.29, 0.717) is 5.82 Å². The summed E-state index contributed by atoms with van der Waals surface area (Å²) in [5.74, 6) is 1.38. The van der Waals surface area contributed by atoms with E-state index in [1.807, 2.05) is 26.8 Å². The zero-order valence-electron chi connectivity index (χ0n) is 13.1. The van der Waals surface area contributed by atoms with Crippen LogP contribution in [-0.4, -0.2) is 29.8 Å². The molecule has 0 aromatic carbocycles.